The molecule has 6 nitrogen and oxygen atoms in total. The molecule has 1 aromatic heterocycles. The number of piperidine rings is 1. The van der Waals surface area contributed by atoms with Crippen molar-refractivity contribution in [3.63, 3.8) is 0 Å². The molecule has 1 aromatic carbocycles. The molecule has 0 radical (unpaired) electrons. The van der Waals surface area contributed by atoms with Crippen LogP contribution in [-0.4, -0.2) is 81.5 Å². The summed E-state index contributed by atoms with van der Waals surface area (Å²) in [6.45, 7) is 10.4. The van der Waals surface area contributed by atoms with Gasteiger partial charge in [0.25, 0.3) is 0 Å². The topological polar surface area (TPSA) is 47.1 Å². The molecule has 32 heavy (non-hydrogen) atoms. The van der Waals surface area contributed by atoms with Crippen molar-refractivity contribution < 1.29 is 14.2 Å². The predicted octanol–water partition coefficient (Wildman–Crippen LogP) is 4.24. The van der Waals surface area contributed by atoms with Crippen LogP contribution in [0.3, 0.4) is 0 Å². The summed E-state index contributed by atoms with van der Waals surface area (Å²) in [6.07, 6.45) is 6.03. The fourth-order valence-corrected chi connectivity index (χ4v) is 5.17. The van der Waals surface area contributed by atoms with E-state index in [9.17, 15) is 0 Å². The molecule has 176 valence electrons. The second-order valence-corrected chi connectivity index (χ2v) is 9.23. The lowest BCUT2D eigenvalue weighted by Crippen LogP contribution is -2.35. The Kier molecular flexibility index (Phi) is 8.22. The van der Waals surface area contributed by atoms with Crippen molar-refractivity contribution in [3.05, 3.63) is 29.5 Å². The maximum absolute atomic E-state index is 6.16. The Morgan fingerprint density at radius 1 is 0.906 bits per heavy atom. The van der Waals surface area contributed by atoms with Gasteiger partial charge in [-0.1, -0.05) is 0 Å². The molecule has 0 unspecified atom stereocenters. The number of benzene rings is 1. The van der Waals surface area contributed by atoms with Gasteiger partial charge < -0.3 is 24.0 Å². The van der Waals surface area contributed by atoms with E-state index in [4.69, 9.17) is 19.2 Å². The van der Waals surface area contributed by atoms with Gasteiger partial charge in [-0.2, -0.15) is 0 Å². The first-order valence-corrected chi connectivity index (χ1v) is 12.2. The molecule has 3 heterocycles. The quantitative estimate of drug-likeness (QED) is 0.514. The third-order valence-corrected chi connectivity index (χ3v) is 6.97. The Hall–Kier alpha value is -1.89. The summed E-state index contributed by atoms with van der Waals surface area (Å²) >= 11 is 0. The molecule has 0 spiro atoms. The van der Waals surface area contributed by atoms with Crippen molar-refractivity contribution in [1.29, 1.82) is 0 Å². The zero-order valence-electron chi connectivity index (χ0n) is 20.1. The molecule has 0 amide bonds. The van der Waals surface area contributed by atoms with E-state index in [-0.39, 0.29) is 0 Å². The number of ether oxygens (including phenoxy) is 3. The number of rotatable bonds is 10. The monoisotopic (exact) mass is 441 g/mol. The van der Waals surface area contributed by atoms with E-state index in [1.807, 2.05) is 0 Å². The van der Waals surface area contributed by atoms with Crippen LogP contribution in [0.1, 0.15) is 49.3 Å². The van der Waals surface area contributed by atoms with Gasteiger partial charge in [0.05, 0.1) is 25.8 Å². The summed E-state index contributed by atoms with van der Waals surface area (Å²) in [5.41, 5.74) is 3.48. The van der Waals surface area contributed by atoms with E-state index in [1.54, 1.807) is 14.2 Å². The molecule has 0 N–H and O–H groups in total. The molecule has 4 rings (SSSR count). The number of aromatic nitrogens is 1. The zero-order chi connectivity index (χ0) is 22.3. The zero-order valence-corrected chi connectivity index (χ0v) is 20.1. The summed E-state index contributed by atoms with van der Waals surface area (Å²) in [6, 6.07) is 6.49. The Bertz CT molecular complexity index is 874. The highest BCUT2D eigenvalue weighted by Crippen LogP contribution is 2.38. The maximum Gasteiger partial charge on any atom is 0.163 e. The largest absolute Gasteiger partial charge is 0.493 e. The van der Waals surface area contributed by atoms with Crippen LogP contribution in [0.15, 0.2) is 18.2 Å². The highest BCUT2D eigenvalue weighted by atomic mass is 16.5. The molecule has 0 saturated carbocycles. The third kappa shape index (κ3) is 5.72. The minimum Gasteiger partial charge on any atom is -0.493 e. The SMILES string of the molecule is COCCN1CCC(c2cc(C)nc3cc(OCCCN4CCCC4)c(OC)cc23)CC1. The molecule has 2 aliphatic heterocycles. The van der Waals surface area contributed by atoms with Gasteiger partial charge in [0, 0.05) is 37.3 Å². The number of fused-ring (bicyclic) bond motifs is 1. The number of methoxy groups -OCH3 is 2. The second kappa shape index (κ2) is 11.3. The van der Waals surface area contributed by atoms with E-state index < -0.39 is 0 Å². The van der Waals surface area contributed by atoms with E-state index in [1.165, 1.54) is 49.7 Å². The molecule has 0 atom stereocenters. The van der Waals surface area contributed by atoms with Gasteiger partial charge in [0.2, 0.25) is 0 Å². The molecule has 6 heteroatoms. The smallest absolute Gasteiger partial charge is 0.163 e. The number of pyridine rings is 1. The van der Waals surface area contributed by atoms with Crippen LogP contribution in [0.2, 0.25) is 0 Å². The first-order valence-electron chi connectivity index (χ1n) is 12.2. The normalized spacial score (nSPS) is 18.5. The number of likely N-dealkylation sites (tertiary alicyclic amines) is 2. The molecule has 2 aromatic rings. The molecule has 2 fully saturated rings. The maximum atomic E-state index is 6.16. The first kappa shape index (κ1) is 23.3. The number of hydrogen-bond acceptors (Lipinski definition) is 6. The van der Waals surface area contributed by atoms with Gasteiger partial charge in [0.15, 0.2) is 11.5 Å². The van der Waals surface area contributed by atoms with Crippen LogP contribution in [0.4, 0.5) is 0 Å². The van der Waals surface area contributed by atoms with Crippen LogP contribution < -0.4 is 9.47 Å². The van der Waals surface area contributed by atoms with Gasteiger partial charge in [-0.25, -0.2) is 0 Å². The van der Waals surface area contributed by atoms with Crippen LogP contribution in [0.5, 0.6) is 11.5 Å². The second-order valence-electron chi connectivity index (χ2n) is 9.23. The lowest BCUT2D eigenvalue weighted by Gasteiger charge is -2.32. The van der Waals surface area contributed by atoms with E-state index in [2.05, 4.69) is 34.9 Å². The first-order chi connectivity index (χ1) is 15.7. The van der Waals surface area contributed by atoms with Crippen LogP contribution >= 0.6 is 0 Å². The van der Waals surface area contributed by atoms with Crippen LogP contribution in [0.25, 0.3) is 10.9 Å². The van der Waals surface area contributed by atoms with Crippen molar-refractivity contribution in [3.8, 4) is 11.5 Å². The summed E-state index contributed by atoms with van der Waals surface area (Å²) < 4.78 is 17.1. The molecule has 0 aliphatic carbocycles. The van der Waals surface area contributed by atoms with Gasteiger partial charge >= 0.3 is 0 Å². The minimum atomic E-state index is 0.551. The van der Waals surface area contributed by atoms with Crippen molar-refractivity contribution in [1.82, 2.24) is 14.8 Å². The average molecular weight is 442 g/mol. The van der Waals surface area contributed by atoms with Gasteiger partial charge in [-0.3, -0.25) is 4.98 Å². The number of aryl methyl sites for hydroxylation is 1. The Morgan fingerprint density at radius 2 is 1.66 bits per heavy atom. The minimum absolute atomic E-state index is 0.551. The highest BCUT2D eigenvalue weighted by molar-refractivity contribution is 5.86. The van der Waals surface area contributed by atoms with Gasteiger partial charge in [-0.05, 0) is 88.8 Å². The van der Waals surface area contributed by atoms with E-state index >= 15 is 0 Å². The predicted molar refractivity (Wildman–Crippen MR) is 129 cm³/mol. The molecule has 2 aliphatic rings. The van der Waals surface area contributed by atoms with Crippen LogP contribution in [0, 0.1) is 6.92 Å². The van der Waals surface area contributed by atoms with Crippen molar-refractivity contribution in [2.45, 2.75) is 44.9 Å². The standard InChI is InChI=1S/C26H39N3O3/c1-20-17-22(21-7-12-29(13-8-21)14-16-30-2)23-18-25(31-3)26(19-24(23)27-20)32-15-6-11-28-9-4-5-10-28/h17-19,21H,4-16H2,1-3H3. The van der Waals surface area contributed by atoms with E-state index in [0.717, 1.165) is 61.9 Å². The lowest BCUT2D eigenvalue weighted by molar-refractivity contribution is 0.130. The third-order valence-electron chi connectivity index (χ3n) is 6.97. The fourth-order valence-electron chi connectivity index (χ4n) is 5.17. The van der Waals surface area contributed by atoms with Gasteiger partial charge in [0.1, 0.15) is 0 Å². The Balaban J connectivity index is 1.47. The summed E-state index contributed by atoms with van der Waals surface area (Å²) in [7, 11) is 3.51. The molecule has 0 bridgehead atoms. The van der Waals surface area contributed by atoms with Crippen molar-refractivity contribution in [2.75, 3.05) is 66.7 Å². The highest BCUT2D eigenvalue weighted by Gasteiger charge is 2.23. The van der Waals surface area contributed by atoms with Crippen molar-refractivity contribution >= 4 is 10.9 Å². The summed E-state index contributed by atoms with van der Waals surface area (Å²) in [5, 5.41) is 1.20. The molecule has 2 saturated heterocycles. The molecular weight excluding hydrogens is 402 g/mol. The van der Waals surface area contributed by atoms with Crippen LogP contribution in [-0.2, 0) is 4.74 Å². The summed E-state index contributed by atoms with van der Waals surface area (Å²) in [4.78, 5) is 9.87. The molecular formula is C26H39N3O3. The van der Waals surface area contributed by atoms with Crippen molar-refractivity contribution in [2.24, 2.45) is 0 Å². The average Bonchev–Trinajstić information content (AvgIpc) is 3.33. The number of nitrogens with zero attached hydrogens (tertiary/aromatic N) is 3. The summed E-state index contributed by atoms with van der Waals surface area (Å²) in [5.74, 6) is 2.16. The Labute approximate surface area is 192 Å². The lowest BCUT2D eigenvalue weighted by atomic mass is 9.87. The van der Waals surface area contributed by atoms with Gasteiger partial charge in [-0.15, -0.1) is 0 Å². The fraction of sp³-hybridized carbons (Fsp3) is 0.654. The number of hydrogen-bond donors (Lipinski definition) is 0. The van der Waals surface area contributed by atoms with E-state index in [0.29, 0.717) is 12.5 Å². The Morgan fingerprint density at radius 3 is 2.38 bits per heavy atom.